The van der Waals surface area contributed by atoms with Crippen molar-refractivity contribution in [3.63, 3.8) is 0 Å². The molecule has 1 aromatic rings. The van der Waals surface area contributed by atoms with Gasteiger partial charge in [-0.1, -0.05) is 31.4 Å². The first-order valence-electron chi connectivity index (χ1n) is 12.6. The molecule has 0 spiro atoms. The average Bonchev–Trinajstić information content (AvgIpc) is 2.78. The van der Waals surface area contributed by atoms with Crippen LogP contribution in [-0.4, -0.2) is 28.4 Å². The maximum atomic E-state index is 12.8. The third kappa shape index (κ3) is 8.28. The highest BCUT2D eigenvalue weighted by Crippen LogP contribution is 2.40. The van der Waals surface area contributed by atoms with E-state index in [-0.39, 0.29) is 5.97 Å². The fourth-order valence-corrected chi connectivity index (χ4v) is 5.84. The van der Waals surface area contributed by atoms with Crippen molar-refractivity contribution in [2.24, 2.45) is 23.7 Å². The van der Waals surface area contributed by atoms with E-state index >= 15 is 0 Å². The number of carbonyl (C=O) groups excluding carboxylic acids is 2. The lowest BCUT2D eigenvalue weighted by Gasteiger charge is -2.26. The van der Waals surface area contributed by atoms with Gasteiger partial charge in [-0.05, 0) is 94.2 Å². The number of Topliss-reactive ketones (excluding diaryl/α,β-unsaturated/α-hetero) is 1. The second-order valence-corrected chi connectivity index (χ2v) is 11.3. The molecule has 0 aliphatic heterocycles. The van der Waals surface area contributed by atoms with Gasteiger partial charge in [-0.3, -0.25) is 9.59 Å². The maximum absolute atomic E-state index is 12.8. The predicted octanol–water partition coefficient (Wildman–Crippen LogP) is 6.23. The van der Waals surface area contributed by atoms with Gasteiger partial charge in [0.2, 0.25) is 0 Å². The lowest BCUT2D eigenvalue weighted by atomic mass is 9.79. The standard InChI is InChI=1S/C28H40O5/c1-28(2,3)33-26(30)17-19-6-4-8-23-15-21(16-25(29)18-24(23)9-5-7-19)14-20-10-12-22(13-11-20)27(31)32/h10-13,19,21,23-24H,4-9,14-18H2,1-3H3,(H,31,32). The Morgan fingerprint density at radius 2 is 1.58 bits per heavy atom. The summed E-state index contributed by atoms with van der Waals surface area (Å²) in [6, 6.07) is 7.09. The number of benzene rings is 1. The van der Waals surface area contributed by atoms with Crippen LogP contribution in [0.2, 0.25) is 0 Å². The van der Waals surface area contributed by atoms with Crippen molar-refractivity contribution in [3.05, 3.63) is 35.4 Å². The summed E-state index contributed by atoms with van der Waals surface area (Å²) in [5, 5.41) is 9.12. The first kappa shape index (κ1) is 25.5. The number of carbonyl (C=O) groups is 3. The van der Waals surface area contributed by atoms with Gasteiger partial charge in [0.15, 0.2) is 0 Å². The molecule has 182 valence electrons. The molecule has 3 rings (SSSR count). The van der Waals surface area contributed by atoms with Gasteiger partial charge in [0.1, 0.15) is 11.4 Å². The molecule has 2 saturated carbocycles. The fraction of sp³-hybridized carbons (Fsp3) is 0.679. The van der Waals surface area contributed by atoms with Crippen LogP contribution in [0.15, 0.2) is 24.3 Å². The highest BCUT2D eigenvalue weighted by atomic mass is 16.6. The maximum Gasteiger partial charge on any atom is 0.335 e. The van der Waals surface area contributed by atoms with Crippen LogP contribution in [0.5, 0.6) is 0 Å². The zero-order valence-corrected chi connectivity index (χ0v) is 20.5. The molecule has 4 atom stereocenters. The van der Waals surface area contributed by atoms with Crippen LogP contribution >= 0.6 is 0 Å². The van der Waals surface area contributed by atoms with Crippen molar-refractivity contribution in [2.75, 3.05) is 0 Å². The van der Waals surface area contributed by atoms with E-state index in [1.807, 2.05) is 32.9 Å². The molecule has 0 amide bonds. The van der Waals surface area contributed by atoms with Crippen molar-refractivity contribution in [1.29, 1.82) is 0 Å². The van der Waals surface area contributed by atoms with Crippen LogP contribution < -0.4 is 0 Å². The summed E-state index contributed by atoms with van der Waals surface area (Å²) in [6.07, 6.45) is 10.2. The number of ketones is 1. The molecule has 33 heavy (non-hydrogen) atoms. The molecule has 5 heteroatoms. The van der Waals surface area contributed by atoms with Gasteiger partial charge in [0.05, 0.1) is 5.56 Å². The van der Waals surface area contributed by atoms with Crippen LogP contribution in [-0.2, 0) is 20.7 Å². The topological polar surface area (TPSA) is 80.7 Å². The number of hydrogen-bond donors (Lipinski definition) is 1. The quantitative estimate of drug-likeness (QED) is 0.531. The molecule has 5 nitrogen and oxygen atoms in total. The van der Waals surface area contributed by atoms with E-state index in [1.165, 1.54) is 0 Å². The van der Waals surface area contributed by atoms with Gasteiger partial charge >= 0.3 is 11.9 Å². The molecule has 1 aromatic carbocycles. The Morgan fingerprint density at radius 3 is 2.18 bits per heavy atom. The van der Waals surface area contributed by atoms with E-state index in [1.54, 1.807) is 12.1 Å². The largest absolute Gasteiger partial charge is 0.478 e. The van der Waals surface area contributed by atoms with Crippen LogP contribution in [0.25, 0.3) is 0 Å². The van der Waals surface area contributed by atoms with Gasteiger partial charge in [0.25, 0.3) is 0 Å². The summed E-state index contributed by atoms with van der Waals surface area (Å²) in [5.74, 6) is 1.08. The third-order valence-electron chi connectivity index (χ3n) is 7.28. The minimum absolute atomic E-state index is 0.0925. The van der Waals surface area contributed by atoms with Crippen LogP contribution in [0.3, 0.4) is 0 Å². The molecule has 2 aliphatic carbocycles. The molecule has 0 heterocycles. The summed E-state index contributed by atoms with van der Waals surface area (Å²) >= 11 is 0. The van der Waals surface area contributed by atoms with Gasteiger partial charge in [-0.15, -0.1) is 0 Å². The fourth-order valence-electron chi connectivity index (χ4n) is 5.84. The van der Waals surface area contributed by atoms with Gasteiger partial charge in [-0.2, -0.15) is 0 Å². The number of rotatable bonds is 5. The summed E-state index contributed by atoms with van der Waals surface area (Å²) in [4.78, 5) is 36.2. The number of hydrogen-bond acceptors (Lipinski definition) is 4. The first-order chi connectivity index (χ1) is 15.6. The number of fused-ring (bicyclic) bond motifs is 1. The number of ether oxygens (including phenoxy) is 1. The Balaban J connectivity index is 1.59. The molecule has 0 radical (unpaired) electrons. The third-order valence-corrected chi connectivity index (χ3v) is 7.28. The van der Waals surface area contributed by atoms with Gasteiger partial charge < -0.3 is 9.84 Å². The SMILES string of the molecule is CC(C)(C)OC(=O)CC1CCCC2CC(=O)CC(Cc3ccc(C(=O)O)cc3)CC2CCC1. The van der Waals surface area contributed by atoms with E-state index in [0.29, 0.717) is 54.3 Å². The summed E-state index contributed by atoms with van der Waals surface area (Å²) < 4.78 is 5.54. The second kappa shape index (κ2) is 11.3. The minimum Gasteiger partial charge on any atom is -0.478 e. The number of aromatic carboxylic acids is 1. The zero-order valence-electron chi connectivity index (χ0n) is 20.5. The normalized spacial score (nSPS) is 26.8. The van der Waals surface area contributed by atoms with Crippen molar-refractivity contribution >= 4 is 17.7 Å². The minimum atomic E-state index is -0.912. The molecular formula is C28H40O5. The number of carboxylic acid groups (broad SMARTS) is 1. The van der Waals surface area contributed by atoms with E-state index in [2.05, 4.69) is 0 Å². The smallest absolute Gasteiger partial charge is 0.335 e. The van der Waals surface area contributed by atoms with Crippen LogP contribution in [0.4, 0.5) is 0 Å². The molecular weight excluding hydrogens is 416 g/mol. The van der Waals surface area contributed by atoms with Crippen molar-refractivity contribution in [1.82, 2.24) is 0 Å². The van der Waals surface area contributed by atoms with E-state index < -0.39 is 11.6 Å². The van der Waals surface area contributed by atoms with Crippen molar-refractivity contribution in [2.45, 2.75) is 97.0 Å². The molecule has 4 unspecified atom stereocenters. The molecule has 1 N–H and O–H groups in total. The van der Waals surface area contributed by atoms with Gasteiger partial charge in [-0.25, -0.2) is 4.79 Å². The number of carboxylic acids is 1. The Morgan fingerprint density at radius 1 is 0.939 bits per heavy atom. The highest BCUT2D eigenvalue weighted by molar-refractivity contribution is 5.87. The molecule has 2 aliphatic rings. The van der Waals surface area contributed by atoms with E-state index in [0.717, 1.165) is 56.9 Å². The first-order valence-corrected chi connectivity index (χ1v) is 12.6. The van der Waals surface area contributed by atoms with Crippen molar-refractivity contribution < 1.29 is 24.2 Å². The molecule has 2 fully saturated rings. The average molecular weight is 457 g/mol. The second-order valence-electron chi connectivity index (χ2n) is 11.3. The van der Waals surface area contributed by atoms with Crippen LogP contribution in [0, 0.1) is 23.7 Å². The Kier molecular flexibility index (Phi) is 8.72. The Labute approximate surface area is 198 Å². The Hall–Kier alpha value is -2.17. The van der Waals surface area contributed by atoms with E-state index in [9.17, 15) is 14.4 Å². The molecule has 0 bridgehead atoms. The molecule has 0 aromatic heterocycles. The summed E-state index contributed by atoms with van der Waals surface area (Å²) in [5.41, 5.74) is 0.969. The van der Waals surface area contributed by atoms with Crippen LogP contribution in [0.1, 0.15) is 101 Å². The predicted molar refractivity (Wildman–Crippen MR) is 128 cm³/mol. The van der Waals surface area contributed by atoms with Gasteiger partial charge in [0, 0.05) is 19.3 Å². The highest BCUT2D eigenvalue weighted by Gasteiger charge is 2.33. The zero-order chi connectivity index (χ0) is 24.0. The summed E-state index contributed by atoms with van der Waals surface area (Å²) in [6.45, 7) is 5.74. The molecule has 0 saturated heterocycles. The van der Waals surface area contributed by atoms with E-state index in [4.69, 9.17) is 9.84 Å². The number of esters is 1. The van der Waals surface area contributed by atoms with Crippen molar-refractivity contribution in [3.8, 4) is 0 Å². The monoisotopic (exact) mass is 456 g/mol. The lowest BCUT2D eigenvalue weighted by Crippen LogP contribution is -2.25. The lowest BCUT2D eigenvalue weighted by molar-refractivity contribution is -0.156. The summed E-state index contributed by atoms with van der Waals surface area (Å²) in [7, 11) is 0. The Bertz CT molecular complexity index is 820.